The van der Waals surface area contributed by atoms with E-state index in [4.69, 9.17) is 5.11 Å². The van der Waals surface area contributed by atoms with Crippen LogP contribution in [0.2, 0.25) is 0 Å². The van der Waals surface area contributed by atoms with Crippen molar-refractivity contribution in [3.8, 4) is 0 Å². The van der Waals surface area contributed by atoms with Gasteiger partial charge in [0.2, 0.25) is 0 Å². The predicted molar refractivity (Wildman–Crippen MR) is 63.6 cm³/mol. The molecular formula is C11H14MgO4. The summed E-state index contributed by atoms with van der Waals surface area (Å²) in [5.74, 6) is -1.27. The van der Waals surface area contributed by atoms with E-state index in [2.05, 4.69) is 11.3 Å². The first-order valence-electron chi connectivity index (χ1n) is 4.10. The zero-order valence-electron chi connectivity index (χ0n) is 11.1. The molecule has 0 amide bonds. The smallest absolute Gasteiger partial charge is 1.00 e. The summed E-state index contributed by atoms with van der Waals surface area (Å²) in [7, 11) is 1.31. The van der Waals surface area contributed by atoms with Crippen LogP contribution in [0.5, 0.6) is 0 Å². The van der Waals surface area contributed by atoms with Crippen LogP contribution in [0.4, 0.5) is 0 Å². The summed E-state index contributed by atoms with van der Waals surface area (Å²) in [4.78, 5) is 20.0. The van der Waals surface area contributed by atoms with Crippen molar-refractivity contribution in [3.05, 3.63) is 48.6 Å². The molecule has 0 bridgehead atoms. The summed E-state index contributed by atoms with van der Waals surface area (Å²) in [6.45, 7) is 3.16. The molecule has 5 heteroatoms. The maximum absolute atomic E-state index is 10.2. The van der Waals surface area contributed by atoms with Crippen LogP contribution in [0.25, 0.3) is 0 Å². The molecule has 1 aromatic carbocycles. The Bertz CT molecular complexity index is 344. The van der Waals surface area contributed by atoms with Gasteiger partial charge >= 0.3 is 35.0 Å². The first-order valence-corrected chi connectivity index (χ1v) is 4.10. The van der Waals surface area contributed by atoms with Crippen LogP contribution in [0.15, 0.2) is 43.0 Å². The maximum atomic E-state index is 10.2. The normalized spacial score (nSPS) is 7.56. The van der Waals surface area contributed by atoms with E-state index in [1.807, 2.05) is 0 Å². The van der Waals surface area contributed by atoms with E-state index >= 15 is 0 Å². The van der Waals surface area contributed by atoms with Gasteiger partial charge in [-0.15, -0.1) is 0 Å². The molecule has 16 heavy (non-hydrogen) atoms. The molecule has 0 aromatic heterocycles. The van der Waals surface area contributed by atoms with Gasteiger partial charge in [-0.2, -0.15) is 0 Å². The van der Waals surface area contributed by atoms with Crippen molar-refractivity contribution in [2.75, 3.05) is 7.11 Å². The molecule has 0 radical (unpaired) electrons. The van der Waals surface area contributed by atoms with E-state index in [0.717, 1.165) is 6.08 Å². The first kappa shape index (κ1) is 17.1. The van der Waals surface area contributed by atoms with Gasteiger partial charge in [0.25, 0.3) is 0 Å². The zero-order chi connectivity index (χ0) is 11.7. The number of hydrogen-bond acceptors (Lipinski definition) is 3. The Kier molecular flexibility index (Phi) is 10.9. The van der Waals surface area contributed by atoms with Crippen molar-refractivity contribution in [1.82, 2.24) is 0 Å². The molecule has 0 fully saturated rings. The van der Waals surface area contributed by atoms with E-state index < -0.39 is 11.9 Å². The number of carbonyl (C=O) groups excluding carboxylic acids is 1. The molecule has 0 aliphatic heterocycles. The first-order chi connectivity index (χ1) is 7.11. The van der Waals surface area contributed by atoms with Gasteiger partial charge in [0, 0.05) is 6.08 Å². The zero-order valence-corrected chi connectivity index (χ0v) is 10.5. The number of methoxy groups -OCH3 is 1. The van der Waals surface area contributed by atoms with Crippen LogP contribution in [-0.2, 0) is 9.53 Å². The Morgan fingerprint density at radius 3 is 2.06 bits per heavy atom. The molecule has 0 spiro atoms. The van der Waals surface area contributed by atoms with Gasteiger partial charge in [-0.3, -0.25) is 0 Å². The number of carbonyl (C=O) groups is 2. The second-order valence-corrected chi connectivity index (χ2v) is 2.40. The maximum Gasteiger partial charge on any atom is 2.00 e. The van der Waals surface area contributed by atoms with Crippen LogP contribution in [0.3, 0.4) is 0 Å². The van der Waals surface area contributed by atoms with Crippen molar-refractivity contribution in [2.45, 2.75) is 0 Å². The third-order valence-electron chi connectivity index (χ3n) is 1.39. The number of esters is 1. The minimum atomic E-state index is -0.879. The monoisotopic (exact) mass is 234 g/mol. The molecule has 0 atom stereocenters. The van der Waals surface area contributed by atoms with E-state index in [9.17, 15) is 9.59 Å². The van der Waals surface area contributed by atoms with Gasteiger partial charge in [0.1, 0.15) is 0 Å². The largest absolute Gasteiger partial charge is 2.00 e. The number of hydrogen-bond donors (Lipinski definition) is 1. The van der Waals surface area contributed by atoms with Gasteiger partial charge in [0.15, 0.2) is 0 Å². The fourth-order valence-corrected chi connectivity index (χ4v) is 0.664. The summed E-state index contributed by atoms with van der Waals surface area (Å²) >= 11 is 0. The molecule has 0 heterocycles. The molecule has 1 N–H and O–H groups in total. The Balaban J connectivity index is -0.0000000992. The van der Waals surface area contributed by atoms with Gasteiger partial charge in [0.05, 0.1) is 12.7 Å². The number of aromatic carboxylic acids is 1. The van der Waals surface area contributed by atoms with Crippen LogP contribution in [-0.4, -0.2) is 47.2 Å². The molecule has 84 valence electrons. The summed E-state index contributed by atoms with van der Waals surface area (Å²) in [6, 6.07) is 8.30. The summed E-state index contributed by atoms with van der Waals surface area (Å²) < 4.78 is 4.14. The number of carboxylic acid groups (broad SMARTS) is 1. The molecule has 1 rings (SSSR count). The van der Waals surface area contributed by atoms with Crippen LogP contribution in [0.1, 0.15) is 13.2 Å². The topological polar surface area (TPSA) is 63.6 Å². The fraction of sp³-hybridized carbons (Fsp3) is 0.0909. The number of rotatable bonds is 2. The van der Waals surface area contributed by atoms with Crippen LogP contribution >= 0.6 is 0 Å². The molecule has 0 saturated heterocycles. The third kappa shape index (κ3) is 8.01. The van der Waals surface area contributed by atoms with Crippen molar-refractivity contribution in [1.29, 1.82) is 0 Å². The van der Waals surface area contributed by atoms with Crippen molar-refractivity contribution < 1.29 is 22.3 Å². The van der Waals surface area contributed by atoms with Crippen molar-refractivity contribution in [2.24, 2.45) is 0 Å². The summed E-state index contributed by atoms with van der Waals surface area (Å²) in [5.41, 5.74) is 0.331. The Labute approximate surface area is 113 Å². The number of ether oxygens (including phenoxy) is 1. The SMILES string of the molecule is C=CC(=O)OC.O=C(O)c1ccccc1.[H-].[H-].[Mg+2]. The Hall–Kier alpha value is -1.33. The Morgan fingerprint density at radius 2 is 1.88 bits per heavy atom. The second-order valence-electron chi connectivity index (χ2n) is 2.40. The van der Waals surface area contributed by atoms with Crippen molar-refractivity contribution >= 4 is 35.0 Å². The van der Waals surface area contributed by atoms with Gasteiger partial charge in [-0.25, -0.2) is 9.59 Å². The van der Waals surface area contributed by atoms with Gasteiger partial charge in [-0.1, -0.05) is 24.8 Å². The van der Waals surface area contributed by atoms with Crippen LogP contribution < -0.4 is 0 Å². The minimum absolute atomic E-state index is 0. The number of carboxylic acids is 1. The quantitative estimate of drug-likeness (QED) is 0.479. The van der Waals surface area contributed by atoms with E-state index in [1.54, 1.807) is 30.3 Å². The molecule has 0 saturated carbocycles. The van der Waals surface area contributed by atoms with E-state index in [-0.39, 0.29) is 25.9 Å². The van der Waals surface area contributed by atoms with Crippen LogP contribution in [0, 0.1) is 0 Å². The van der Waals surface area contributed by atoms with Crippen molar-refractivity contribution in [3.63, 3.8) is 0 Å². The minimum Gasteiger partial charge on any atom is -1.00 e. The van der Waals surface area contributed by atoms with E-state index in [0.29, 0.717) is 5.56 Å². The van der Waals surface area contributed by atoms with E-state index in [1.165, 1.54) is 7.11 Å². The Morgan fingerprint density at radius 1 is 1.38 bits per heavy atom. The molecular weight excluding hydrogens is 220 g/mol. The molecule has 1 aromatic rings. The average molecular weight is 235 g/mol. The molecule has 0 unspecified atom stereocenters. The fourth-order valence-electron chi connectivity index (χ4n) is 0.664. The standard InChI is InChI=1S/C7H6O2.C4H6O2.Mg.2H/c8-7(9)6-4-2-1-3-5-6;1-3-4(5)6-2;;;/h1-5H,(H,8,9);3H,1H2,2H3;;;/q;;+2;2*-1. The number of benzene rings is 1. The molecule has 0 aliphatic carbocycles. The summed E-state index contributed by atoms with van der Waals surface area (Å²) in [5, 5.41) is 8.38. The average Bonchev–Trinajstić information content (AvgIpc) is 2.30. The predicted octanol–water partition coefficient (Wildman–Crippen LogP) is 1.57. The van der Waals surface area contributed by atoms with Gasteiger partial charge in [-0.05, 0) is 12.1 Å². The molecule has 0 aliphatic rings. The van der Waals surface area contributed by atoms with Gasteiger partial charge < -0.3 is 12.7 Å². The second kappa shape index (κ2) is 10.2. The molecule has 4 nitrogen and oxygen atoms in total. The third-order valence-corrected chi connectivity index (χ3v) is 1.39. The summed E-state index contributed by atoms with van der Waals surface area (Å²) in [6.07, 6.45) is 1.11.